The molecule has 0 spiro atoms. The number of ether oxygens (including phenoxy) is 1. The molecule has 1 aliphatic heterocycles. The number of piperidine rings is 1. The summed E-state index contributed by atoms with van der Waals surface area (Å²) in [5, 5.41) is 8.72. The van der Waals surface area contributed by atoms with Gasteiger partial charge in [-0.05, 0) is 67.6 Å². The zero-order chi connectivity index (χ0) is 23.4. The standard InChI is InChI=1S/C23H25N3O5S2/c1-16-22(21(31-25-16)10-9-20-4-3-15-32-20)33(28,29)26-13-11-17(12-14-26)23(27)24-18-5-7-19(30-2)8-6-18/h3-10,15,17H,11-14H2,1-2H3,(H,24,27). The van der Waals surface area contributed by atoms with E-state index in [4.69, 9.17) is 9.26 Å². The van der Waals surface area contributed by atoms with Crippen LogP contribution < -0.4 is 10.1 Å². The van der Waals surface area contributed by atoms with E-state index in [-0.39, 0.29) is 35.6 Å². The number of hydrogen-bond acceptors (Lipinski definition) is 7. The molecule has 0 atom stereocenters. The van der Waals surface area contributed by atoms with Crippen molar-refractivity contribution in [1.29, 1.82) is 0 Å². The molecule has 0 saturated carbocycles. The highest BCUT2D eigenvalue weighted by Gasteiger charge is 2.35. The lowest BCUT2D eigenvalue weighted by molar-refractivity contribution is -0.120. The molecule has 33 heavy (non-hydrogen) atoms. The molecule has 1 amide bonds. The van der Waals surface area contributed by atoms with E-state index in [1.807, 2.05) is 17.5 Å². The Balaban J connectivity index is 1.42. The minimum atomic E-state index is -3.80. The van der Waals surface area contributed by atoms with Crippen molar-refractivity contribution in [2.45, 2.75) is 24.7 Å². The van der Waals surface area contributed by atoms with Crippen LogP contribution in [0.4, 0.5) is 5.69 Å². The second kappa shape index (κ2) is 9.90. The lowest BCUT2D eigenvalue weighted by Crippen LogP contribution is -2.41. The number of methoxy groups -OCH3 is 1. The number of carbonyl (C=O) groups excluding carboxylic acids is 1. The number of nitrogens with zero attached hydrogens (tertiary/aromatic N) is 2. The first-order valence-electron chi connectivity index (χ1n) is 10.5. The molecule has 0 bridgehead atoms. The molecule has 3 heterocycles. The van der Waals surface area contributed by atoms with Crippen molar-refractivity contribution >= 4 is 45.1 Å². The van der Waals surface area contributed by atoms with Gasteiger partial charge in [0, 0.05) is 29.6 Å². The van der Waals surface area contributed by atoms with E-state index in [0.717, 1.165) is 4.88 Å². The topological polar surface area (TPSA) is 102 Å². The van der Waals surface area contributed by atoms with Crippen LogP contribution in [-0.2, 0) is 14.8 Å². The molecule has 1 aromatic carbocycles. The first-order valence-corrected chi connectivity index (χ1v) is 12.8. The van der Waals surface area contributed by atoms with E-state index >= 15 is 0 Å². The van der Waals surface area contributed by atoms with Crippen molar-refractivity contribution in [3.63, 3.8) is 0 Å². The highest BCUT2D eigenvalue weighted by molar-refractivity contribution is 7.89. The number of sulfonamides is 1. The molecule has 1 saturated heterocycles. The van der Waals surface area contributed by atoms with Gasteiger partial charge in [-0.3, -0.25) is 4.79 Å². The summed E-state index contributed by atoms with van der Waals surface area (Å²) in [6, 6.07) is 10.9. The second-order valence-corrected chi connectivity index (χ2v) is 10.6. The van der Waals surface area contributed by atoms with Gasteiger partial charge in [0.05, 0.1) is 7.11 Å². The van der Waals surface area contributed by atoms with Gasteiger partial charge >= 0.3 is 0 Å². The predicted octanol–water partition coefficient (Wildman–Crippen LogP) is 4.26. The predicted molar refractivity (Wildman–Crippen MR) is 128 cm³/mol. The maximum atomic E-state index is 13.4. The molecule has 4 rings (SSSR count). The fourth-order valence-electron chi connectivity index (χ4n) is 3.75. The molecule has 3 aromatic rings. The minimum absolute atomic E-state index is 0.0800. The highest BCUT2D eigenvalue weighted by atomic mass is 32.2. The molecule has 0 radical (unpaired) electrons. The molecule has 174 valence electrons. The lowest BCUT2D eigenvalue weighted by atomic mass is 9.97. The number of aromatic nitrogens is 1. The van der Waals surface area contributed by atoms with E-state index in [9.17, 15) is 13.2 Å². The highest BCUT2D eigenvalue weighted by Crippen LogP contribution is 2.30. The zero-order valence-corrected chi connectivity index (χ0v) is 20.0. The molecule has 1 aliphatic rings. The number of carbonyl (C=O) groups is 1. The summed E-state index contributed by atoms with van der Waals surface area (Å²) in [5.74, 6) is 0.540. The van der Waals surface area contributed by atoms with Gasteiger partial charge in [0.15, 0.2) is 10.7 Å². The number of benzene rings is 1. The Labute approximate surface area is 196 Å². The molecular weight excluding hydrogens is 462 g/mol. The van der Waals surface area contributed by atoms with Gasteiger partial charge in [-0.1, -0.05) is 11.2 Å². The number of anilines is 1. The summed E-state index contributed by atoms with van der Waals surface area (Å²) in [5.41, 5.74) is 0.998. The first-order chi connectivity index (χ1) is 15.9. The van der Waals surface area contributed by atoms with Crippen molar-refractivity contribution in [2.75, 3.05) is 25.5 Å². The van der Waals surface area contributed by atoms with Gasteiger partial charge in [-0.2, -0.15) is 4.31 Å². The number of rotatable bonds is 7. The van der Waals surface area contributed by atoms with Crippen LogP contribution in [0.2, 0.25) is 0 Å². The monoisotopic (exact) mass is 487 g/mol. The van der Waals surface area contributed by atoms with Gasteiger partial charge < -0.3 is 14.6 Å². The summed E-state index contributed by atoms with van der Waals surface area (Å²) in [7, 11) is -2.22. The molecular formula is C23H25N3O5S2. The van der Waals surface area contributed by atoms with Crippen LogP contribution in [0, 0.1) is 12.8 Å². The van der Waals surface area contributed by atoms with Crippen LogP contribution in [0.3, 0.4) is 0 Å². The fraction of sp³-hybridized carbons (Fsp3) is 0.304. The molecule has 2 aromatic heterocycles. The van der Waals surface area contributed by atoms with Gasteiger partial charge in [0.1, 0.15) is 11.4 Å². The normalized spacial score (nSPS) is 15.7. The van der Waals surface area contributed by atoms with Gasteiger partial charge in [0.25, 0.3) is 0 Å². The third-order valence-electron chi connectivity index (χ3n) is 5.56. The van der Waals surface area contributed by atoms with Crippen molar-refractivity contribution in [3.05, 3.63) is 58.1 Å². The van der Waals surface area contributed by atoms with Crippen molar-refractivity contribution in [1.82, 2.24) is 9.46 Å². The number of hydrogen-bond donors (Lipinski definition) is 1. The Morgan fingerprint density at radius 3 is 2.58 bits per heavy atom. The second-order valence-electron chi connectivity index (χ2n) is 7.71. The Morgan fingerprint density at radius 1 is 1.21 bits per heavy atom. The van der Waals surface area contributed by atoms with E-state index in [1.54, 1.807) is 61.8 Å². The molecule has 8 nitrogen and oxygen atoms in total. The van der Waals surface area contributed by atoms with Gasteiger partial charge in [-0.25, -0.2) is 8.42 Å². The fourth-order valence-corrected chi connectivity index (χ4v) is 6.09. The Kier molecular flexibility index (Phi) is 6.96. The van der Waals surface area contributed by atoms with Crippen LogP contribution >= 0.6 is 11.3 Å². The van der Waals surface area contributed by atoms with Crippen LogP contribution in [0.1, 0.15) is 29.2 Å². The first kappa shape index (κ1) is 23.2. The number of thiophene rings is 1. The SMILES string of the molecule is COc1ccc(NC(=O)C2CCN(S(=O)(=O)c3c(C)noc3C=Cc3cccs3)CC2)cc1. The molecule has 0 unspecified atom stereocenters. The van der Waals surface area contributed by atoms with Gasteiger partial charge in [0.2, 0.25) is 15.9 Å². The third kappa shape index (κ3) is 5.18. The van der Waals surface area contributed by atoms with E-state index in [2.05, 4.69) is 10.5 Å². The summed E-state index contributed by atoms with van der Waals surface area (Å²) in [6.45, 7) is 2.12. The number of nitrogens with one attached hydrogen (secondary N) is 1. The maximum absolute atomic E-state index is 13.4. The molecule has 1 fully saturated rings. The summed E-state index contributed by atoms with van der Waals surface area (Å²) >= 11 is 1.54. The van der Waals surface area contributed by atoms with Crippen LogP contribution in [0.5, 0.6) is 5.75 Å². The average Bonchev–Trinajstić information content (AvgIpc) is 3.48. The Morgan fingerprint density at radius 2 is 1.94 bits per heavy atom. The zero-order valence-electron chi connectivity index (χ0n) is 18.4. The van der Waals surface area contributed by atoms with E-state index in [0.29, 0.717) is 30.0 Å². The van der Waals surface area contributed by atoms with Crippen LogP contribution in [-0.4, -0.2) is 44.0 Å². The summed E-state index contributed by atoms with van der Waals surface area (Å²) in [6.07, 6.45) is 4.31. The largest absolute Gasteiger partial charge is 0.497 e. The van der Waals surface area contributed by atoms with E-state index in [1.165, 1.54) is 4.31 Å². The summed E-state index contributed by atoms with van der Waals surface area (Å²) in [4.78, 5) is 13.7. The van der Waals surface area contributed by atoms with E-state index < -0.39 is 10.0 Å². The number of amides is 1. The minimum Gasteiger partial charge on any atom is -0.497 e. The lowest BCUT2D eigenvalue weighted by Gasteiger charge is -2.30. The smallest absolute Gasteiger partial charge is 0.248 e. The maximum Gasteiger partial charge on any atom is 0.248 e. The molecule has 1 N–H and O–H groups in total. The molecule has 10 heteroatoms. The van der Waals surface area contributed by atoms with Crippen molar-refractivity contribution < 1.29 is 22.5 Å². The van der Waals surface area contributed by atoms with Crippen molar-refractivity contribution in [3.8, 4) is 5.75 Å². The Bertz CT molecular complexity index is 1220. The number of aryl methyl sites for hydroxylation is 1. The quantitative estimate of drug-likeness (QED) is 0.534. The Hall–Kier alpha value is -2.95. The third-order valence-corrected chi connectivity index (χ3v) is 8.45. The van der Waals surface area contributed by atoms with Gasteiger partial charge in [-0.15, -0.1) is 11.3 Å². The molecule has 0 aliphatic carbocycles. The van der Waals surface area contributed by atoms with Crippen molar-refractivity contribution in [2.24, 2.45) is 5.92 Å². The average molecular weight is 488 g/mol. The summed E-state index contributed by atoms with van der Waals surface area (Å²) < 4.78 is 38.6. The van der Waals surface area contributed by atoms with Crippen LogP contribution in [0.15, 0.2) is 51.2 Å². The van der Waals surface area contributed by atoms with Crippen LogP contribution in [0.25, 0.3) is 12.2 Å².